The lowest BCUT2D eigenvalue weighted by Crippen LogP contribution is -2.05. The molecule has 11 aromatic rings. The van der Waals surface area contributed by atoms with Gasteiger partial charge >= 0.3 is 0 Å². The lowest BCUT2D eigenvalue weighted by atomic mass is 10.00. The third kappa shape index (κ3) is 3.87. The second kappa shape index (κ2) is 10.4. The largest absolute Gasteiger partial charge is 0.456 e. The average Bonchev–Trinajstić information content (AvgIpc) is 3.73. The number of benzene rings is 8. The van der Waals surface area contributed by atoms with Crippen LogP contribution in [0.15, 0.2) is 168 Å². The zero-order chi connectivity index (χ0) is 32.8. The van der Waals surface area contributed by atoms with E-state index < -0.39 is 0 Å². The Morgan fingerprint density at radius 1 is 0.400 bits per heavy atom. The van der Waals surface area contributed by atoms with E-state index in [2.05, 4.69) is 150 Å². The smallest absolute Gasteiger partial charge is 0.235 e. The SMILES string of the molecule is c1ccc(-c2nc(-n3c4c(-c5ccc6c(c5)oc5ccccc56)cccc4c4ccc5ccccc5c43)nc3c2ccc2ccccc23)cc1. The Hall–Kier alpha value is -6.78. The van der Waals surface area contributed by atoms with Crippen molar-refractivity contribution in [3.8, 4) is 28.3 Å². The standard InChI is InChI=1S/C46H27N3O/c1-2-13-30(14-3-1)42-39-26-22-28-11-4-6-15-32(28)43(39)48-46(47-42)49-44-33-16-7-5-12-29(33)21-25-38(44)37-19-10-18-34(45(37)49)31-23-24-36-35-17-8-9-20-40(35)50-41(36)27-31/h1-27H. The van der Waals surface area contributed by atoms with Gasteiger partial charge in [-0.2, -0.15) is 0 Å². The molecule has 0 saturated carbocycles. The second-order valence-electron chi connectivity index (χ2n) is 13.0. The molecular formula is C46H27N3O. The van der Waals surface area contributed by atoms with E-state index in [-0.39, 0.29) is 0 Å². The van der Waals surface area contributed by atoms with Gasteiger partial charge in [-0.15, -0.1) is 0 Å². The van der Waals surface area contributed by atoms with Crippen LogP contribution in [0.3, 0.4) is 0 Å². The highest BCUT2D eigenvalue weighted by molar-refractivity contribution is 6.21. The number of hydrogen-bond donors (Lipinski definition) is 0. The molecule has 0 amide bonds. The molecule has 232 valence electrons. The zero-order valence-corrected chi connectivity index (χ0v) is 26.8. The fraction of sp³-hybridized carbons (Fsp3) is 0. The van der Waals surface area contributed by atoms with E-state index in [1.807, 2.05) is 18.2 Å². The van der Waals surface area contributed by atoms with E-state index in [1.165, 1.54) is 5.39 Å². The molecule has 3 heterocycles. The van der Waals surface area contributed by atoms with E-state index in [1.54, 1.807) is 0 Å². The Morgan fingerprint density at radius 3 is 1.90 bits per heavy atom. The molecule has 0 radical (unpaired) electrons. The number of para-hydroxylation sites is 2. The molecule has 0 bridgehead atoms. The van der Waals surface area contributed by atoms with Crippen LogP contribution in [-0.2, 0) is 0 Å². The molecule has 0 N–H and O–H groups in total. The van der Waals surface area contributed by atoms with Gasteiger partial charge in [0.1, 0.15) is 11.2 Å². The van der Waals surface area contributed by atoms with Crippen LogP contribution in [0.2, 0.25) is 0 Å². The van der Waals surface area contributed by atoms with Crippen LogP contribution in [0, 0.1) is 0 Å². The molecule has 0 fully saturated rings. The minimum atomic E-state index is 0.640. The summed E-state index contributed by atoms with van der Waals surface area (Å²) in [6, 6.07) is 57.8. The van der Waals surface area contributed by atoms with Crippen LogP contribution >= 0.6 is 0 Å². The lowest BCUT2D eigenvalue weighted by Gasteiger charge is -2.15. The van der Waals surface area contributed by atoms with Gasteiger partial charge in [-0.3, -0.25) is 4.57 Å². The van der Waals surface area contributed by atoms with Crippen LogP contribution in [0.1, 0.15) is 0 Å². The van der Waals surface area contributed by atoms with E-state index in [9.17, 15) is 0 Å². The molecule has 8 aromatic carbocycles. The van der Waals surface area contributed by atoms with Crippen molar-refractivity contribution in [1.29, 1.82) is 0 Å². The molecule has 4 heteroatoms. The van der Waals surface area contributed by atoms with Crippen LogP contribution in [0.25, 0.3) is 105 Å². The van der Waals surface area contributed by atoms with E-state index >= 15 is 0 Å². The predicted octanol–water partition coefficient (Wildman–Crippen LogP) is 12.3. The maximum atomic E-state index is 6.38. The van der Waals surface area contributed by atoms with Gasteiger partial charge in [0.2, 0.25) is 5.95 Å². The number of aromatic nitrogens is 3. The fourth-order valence-electron chi connectivity index (χ4n) is 7.92. The molecular weight excluding hydrogens is 611 g/mol. The minimum Gasteiger partial charge on any atom is -0.456 e. The lowest BCUT2D eigenvalue weighted by molar-refractivity contribution is 0.669. The third-order valence-corrected chi connectivity index (χ3v) is 10.2. The van der Waals surface area contributed by atoms with E-state index in [0.717, 1.165) is 93.2 Å². The Bertz CT molecular complexity index is 3150. The van der Waals surface area contributed by atoms with Crippen molar-refractivity contribution in [3.63, 3.8) is 0 Å². The quantitative estimate of drug-likeness (QED) is 0.181. The van der Waals surface area contributed by atoms with Crippen LogP contribution in [-0.4, -0.2) is 14.5 Å². The Labute approximate surface area is 286 Å². The first-order valence-corrected chi connectivity index (χ1v) is 16.9. The topological polar surface area (TPSA) is 43.9 Å². The van der Waals surface area contributed by atoms with Crippen LogP contribution in [0.5, 0.6) is 0 Å². The molecule has 3 aromatic heterocycles. The zero-order valence-electron chi connectivity index (χ0n) is 26.8. The van der Waals surface area contributed by atoms with Crippen molar-refractivity contribution in [2.75, 3.05) is 0 Å². The first-order chi connectivity index (χ1) is 24.8. The van der Waals surface area contributed by atoms with Crippen molar-refractivity contribution in [1.82, 2.24) is 14.5 Å². The van der Waals surface area contributed by atoms with Gasteiger partial charge in [0, 0.05) is 48.8 Å². The van der Waals surface area contributed by atoms with Gasteiger partial charge in [-0.05, 0) is 40.6 Å². The maximum Gasteiger partial charge on any atom is 0.235 e. The van der Waals surface area contributed by atoms with Gasteiger partial charge in [-0.25, -0.2) is 9.97 Å². The van der Waals surface area contributed by atoms with Crippen molar-refractivity contribution in [2.24, 2.45) is 0 Å². The molecule has 0 aliphatic rings. The summed E-state index contributed by atoms with van der Waals surface area (Å²) in [7, 11) is 0. The fourth-order valence-corrected chi connectivity index (χ4v) is 7.92. The molecule has 11 rings (SSSR count). The number of rotatable bonds is 3. The van der Waals surface area contributed by atoms with Crippen molar-refractivity contribution < 1.29 is 4.42 Å². The summed E-state index contributed by atoms with van der Waals surface area (Å²) in [6.45, 7) is 0. The number of fused-ring (bicyclic) bond motifs is 11. The number of hydrogen-bond acceptors (Lipinski definition) is 3. The van der Waals surface area contributed by atoms with Gasteiger partial charge < -0.3 is 4.42 Å². The molecule has 0 unspecified atom stereocenters. The van der Waals surface area contributed by atoms with Crippen molar-refractivity contribution >= 4 is 76.2 Å². The van der Waals surface area contributed by atoms with Crippen molar-refractivity contribution in [2.45, 2.75) is 0 Å². The summed E-state index contributed by atoms with van der Waals surface area (Å²) in [5.74, 6) is 0.640. The van der Waals surface area contributed by atoms with Gasteiger partial charge in [0.15, 0.2) is 0 Å². The van der Waals surface area contributed by atoms with E-state index in [4.69, 9.17) is 14.4 Å². The van der Waals surface area contributed by atoms with Gasteiger partial charge in [0.05, 0.1) is 22.2 Å². The number of furan rings is 1. The molecule has 0 atom stereocenters. The molecule has 50 heavy (non-hydrogen) atoms. The highest BCUT2D eigenvalue weighted by Gasteiger charge is 2.22. The summed E-state index contributed by atoms with van der Waals surface area (Å²) in [6.07, 6.45) is 0. The second-order valence-corrected chi connectivity index (χ2v) is 13.0. The molecule has 0 aliphatic heterocycles. The number of nitrogens with zero attached hydrogens (tertiary/aromatic N) is 3. The third-order valence-electron chi connectivity index (χ3n) is 10.2. The Morgan fingerprint density at radius 2 is 1.04 bits per heavy atom. The predicted molar refractivity (Wildman–Crippen MR) is 207 cm³/mol. The van der Waals surface area contributed by atoms with Gasteiger partial charge in [0.25, 0.3) is 0 Å². The van der Waals surface area contributed by atoms with Crippen molar-refractivity contribution in [3.05, 3.63) is 164 Å². The highest BCUT2D eigenvalue weighted by Crippen LogP contribution is 2.42. The Kier molecular flexibility index (Phi) is 5.63. The highest BCUT2D eigenvalue weighted by atomic mass is 16.3. The monoisotopic (exact) mass is 637 g/mol. The first-order valence-electron chi connectivity index (χ1n) is 16.9. The Balaban J connectivity index is 1.31. The van der Waals surface area contributed by atoms with Crippen LogP contribution in [0.4, 0.5) is 0 Å². The summed E-state index contributed by atoms with van der Waals surface area (Å²) < 4.78 is 8.68. The normalized spacial score (nSPS) is 12.0. The first kappa shape index (κ1) is 27.2. The van der Waals surface area contributed by atoms with Gasteiger partial charge in [-0.1, -0.05) is 140 Å². The summed E-state index contributed by atoms with van der Waals surface area (Å²) >= 11 is 0. The summed E-state index contributed by atoms with van der Waals surface area (Å²) in [5, 5.41) is 10.2. The van der Waals surface area contributed by atoms with E-state index in [0.29, 0.717) is 5.95 Å². The molecule has 0 saturated heterocycles. The maximum absolute atomic E-state index is 6.38. The molecule has 0 aliphatic carbocycles. The molecule has 4 nitrogen and oxygen atoms in total. The summed E-state index contributed by atoms with van der Waals surface area (Å²) in [5.41, 5.74) is 8.98. The van der Waals surface area contributed by atoms with Crippen LogP contribution < -0.4 is 0 Å². The molecule has 0 spiro atoms. The average molecular weight is 638 g/mol. The summed E-state index contributed by atoms with van der Waals surface area (Å²) in [4.78, 5) is 11.0. The minimum absolute atomic E-state index is 0.640.